The van der Waals surface area contributed by atoms with Crippen LogP contribution in [0.5, 0.6) is 0 Å². The number of hydrogen-bond donors (Lipinski definition) is 2. The van der Waals surface area contributed by atoms with Gasteiger partial charge in [0.2, 0.25) is 5.91 Å². The highest BCUT2D eigenvalue weighted by atomic mass is 16.4. The van der Waals surface area contributed by atoms with E-state index in [9.17, 15) is 9.59 Å². The average Bonchev–Trinajstić information content (AvgIpc) is 2.35. The first kappa shape index (κ1) is 13.2. The maximum Gasteiger partial charge on any atom is 0.323 e. The van der Waals surface area contributed by atoms with Crippen molar-refractivity contribution in [2.24, 2.45) is 5.73 Å². The molecule has 0 aliphatic heterocycles. The molecule has 5 heteroatoms. The minimum absolute atomic E-state index is 0.324. The van der Waals surface area contributed by atoms with Crippen LogP contribution < -0.4 is 5.73 Å². The van der Waals surface area contributed by atoms with Crippen molar-refractivity contribution in [3.05, 3.63) is 35.9 Å². The zero-order valence-electron chi connectivity index (χ0n) is 9.67. The quantitative estimate of drug-likeness (QED) is 0.785. The summed E-state index contributed by atoms with van der Waals surface area (Å²) in [6, 6.07) is 8.09. The van der Waals surface area contributed by atoms with Crippen molar-refractivity contribution >= 4 is 11.9 Å². The lowest BCUT2D eigenvalue weighted by Crippen LogP contribution is -2.41. The van der Waals surface area contributed by atoms with E-state index < -0.39 is 12.0 Å². The molecule has 0 fully saturated rings. The number of carboxylic acids is 1. The lowest BCUT2D eigenvalue weighted by Gasteiger charge is -2.22. The van der Waals surface area contributed by atoms with Crippen LogP contribution in [0.25, 0.3) is 0 Å². The minimum Gasteiger partial charge on any atom is -0.480 e. The fourth-order valence-electron chi connectivity index (χ4n) is 1.51. The van der Waals surface area contributed by atoms with E-state index in [4.69, 9.17) is 10.8 Å². The number of rotatable bonds is 5. The van der Waals surface area contributed by atoms with Crippen LogP contribution in [0.3, 0.4) is 0 Å². The van der Waals surface area contributed by atoms with Gasteiger partial charge in [0, 0.05) is 6.54 Å². The first-order chi connectivity index (χ1) is 8.06. The van der Waals surface area contributed by atoms with Gasteiger partial charge in [-0.05, 0) is 12.5 Å². The number of nitrogens with zero attached hydrogens (tertiary/aromatic N) is 1. The molecule has 1 unspecified atom stereocenters. The van der Waals surface area contributed by atoms with Gasteiger partial charge >= 0.3 is 5.97 Å². The molecule has 0 aromatic heterocycles. The normalized spacial score (nSPS) is 11.9. The Morgan fingerprint density at radius 2 is 1.94 bits per heavy atom. The topological polar surface area (TPSA) is 83.6 Å². The van der Waals surface area contributed by atoms with E-state index in [1.54, 1.807) is 31.2 Å². The molecule has 0 spiro atoms. The van der Waals surface area contributed by atoms with Crippen LogP contribution >= 0.6 is 0 Å². The molecule has 0 aliphatic rings. The Morgan fingerprint density at radius 3 is 2.41 bits per heavy atom. The Balaban J connectivity index is 2.77. The number of aliphatic carboxylic acids is 1. The Hall–Kier alpha value is -1.88. The fourth-order valence-corrected chi connectivity index (χ4v) is 1.51. The third-order valence-corrected chi connectivity index (χ3v) is 2.44. The Kier molecular flexibility index (Phi) is 4.66. The molecular weight excluding hydrogens is 220 g/mol. The zero-order chi connectivity index (χ0) is 12.8. The summed E-state index contributed by atoms with van der Waals surface area (Å²) in [5.74, 6) is -1.42. The summed E-state index contributed by atoms with van der Waals surface area (Å²) in [4.78, 5) is 23.8. The number of hydrogen-bond acceptors (Lipinski definition) is 3. The van der Waals surface area contributed by atoms with Crippen molar-refractivity contribution in [2.45, 2.75) is 13.0 Å². The summed E-state index contributed by atoms with van der Waals surface area (Å²) in [5.41, 5.74) is 6.49. The summed E-state index contributed by atoms with van der Waals surface area (Å²) >= 11 is 0. The molecule has 92 valence electrons. The summed E-state index contributed by atoms with van der Waals surface area (Å²) in [5, 5.41) is 8.68. The number of carbonyl (C=O) groups is 2. The standard InChI is InChI=1S/C12H16N2O3/c1-2-14(8-10(15)16)12(17)11(13)9-6-4-3-5-7-9/h3-7,11H,2,8,13H2,1H3,(H,15,16). The summed E-state index contributed by atoms with van der Waals surface area (Å²) < 4.78 is 0. The molecule has 0 heterocycles. The number of benzene rings is 1. The third kappa shape index (κ3) is 3.57. The van der Waals surface area contributed by atoms with Gasteiger partial charge in [-0.25, -0.2) is 0 Å². The predicted molar refractivity (Wildman–Crippen MR) is 63.3 cm³/mol. The smallest absolute Gasteiger partial charge is 0.323 e. The molecule has 3 N–H and O–H groups in total. The molecule has 1 amide bonds. The molecule has 5 nitrogen and oxygen atoms in total. The monoisotopic (exact) mass is 236 g/mol. The molecular formula is C12H16N2O3. The van der Waals surface area contributed by atoms with Crippen molar-refractivity contribution in [2.75, 3.05) is 13.1 Å². The van der Waals surface area contributed by atoms with Crippen LogP contribution in [0.1, 0.15) is 18.5 Å². The maximum atomic E-state index is 11.9. The summed E-state index contributed by atoms with van der Waals surface area (Å²) in [6.07, 6.45) is 0. The summed E-state index contributed by atoms with van der Waals surface area (Å²) in [6.45, 7) is 1.72. The number of amides is 1. The average molecular weight is 236 g/mol. The van der Waals surface area contributed by atoms with Gasteiger partial charge in [0.05, 0.1) is 0 Å². The molecule has 0 bridgehead atoms. The number of nitrogens with two attached hydrogens (primary N) is 1. The summed E-state index contributed by atoms with van der Waals surface area (Å²) in [7, 11) is 0. The first-order valence-electron chi connectivity index (χ1n) is 5.37. The molecule has 0 saturated carbocycles. The van der Waals surface area contributed by atoms with Gasteiger partial charge in [0.25, 0.3) is 0 Å². The van der Waals surface area contributed by atoms with E-state index in [1.807, 2.05) is 6.07 Å². The molecule has 1 atom stereocenters. The van der Waals surface area contributed by atoms with Gasteiger partial charge in [0.1, 0.15) is 12.6 Å². The third-order valence-electron chi connectivity index (χ3n) is 2.44. The lowest BCUT2D eigenvalue weighted by atomic mass is 10.1. The number of carbonyl (C=O) groups excluding carboxylic acids is 1. The second-order valence-electron chi connectivity index (χ2n) is 3.63. The van der Waals surface area contributed by atoms with Crippen LogP contribution in [0.2, 0.25) is 0 Å². The van der Waals surface area contributed by atoms with Crippen molar-refractivity contribution in [3.8, 4) is 0 Å². The zero-order valence-corrected chi connectivity index (χ0v) is 9.67. The highest BCUT2D eigenvalue weighted by molar-refractivity contribution is 5.86. The molecule has 1 aromatic rings. The maximum absolute atomic E-state index is 11.9. The van der Waals surface area contributed by atoms with Gasteiger partial charge in [-0.2, -0.15) is 0 Å². The van der Waals surface area contributed by atoms with Crippen LogP contribution in [0.4, 0.5) is 0 Å². The van der Waals surface area contributed by atoms with Crippen molar-refractivity contribution < 1.29 is 14.7 Å². The molecule has 1 aromatic carbocycles. The van der Waals surface area contributed by atoms with Crippen LogP contribution in [0.15, 0.2) is 30.3 Å². The van der Waals surface area contributed by atoms with Crippen LogP contribution in [-0.4, -0.2) is 35.0 Å². The van der Waals surface area contributed by atoms with Gasteiger partial charge in [-0.1, -0.05) is 30.3 Å². The SMILES string of the molecule is CCN(CC(=O)O)C(=O)C(N)c1ccccc1. The van der Waals surface area contributed by atoms with Crippen molar-refractivity contribution in [1.29, 1.82) is 0 Å². The van der Waals surface area contributed by atoms with E-state index in [0.29, 0.717) is 12.1 Å². The molecule has 0 aliphatic carbocycles. The Bertz CT molecular complexity index is 392. The second kappa shape index (κ2) is 6.00. The largest absolute Gasteiger partial charge is 0.480 e. The Labute approximate surface area is 99.8 Å². The van der Waals surface area contributed by atoms with Gasteiger partial charge in [0.15, 0.2) is 0 Å². The van der Waals surface area contributed by atoms with Gasteiger partial charge in [-0.3, -0.25) is 9.59 Å². The van der Waals surface area contributed by atoms with E-state index >= 15 is 0 Å². The van der Waals surface area contributed by atoms with Crippen LogP contribution in [-0.2, 0) is 9.59 Å². The van der Waals surface area contributed by atoms with E-state index in [-0.39, 0.29) is 12.5 Å². The van der Waals surface area contributed by atoms with Gasteiger partial charge in [-0.15, -0.1) is 0 Å². The van der Waals surface area contributed by atoms with Gasteiger partial charge < -0.3 is 15.7 Å². The lowest BCUT2D eigenvalue weighted by molar-refractivity contribution is -0.144. The molecule has 0 radical (unpaired) electrons. The second-order valence-corrected chi connectivity index (χ2v) is 3.63. The highest BCUT2D eigenvalue weighted by Gasteiger charge is 2.22. The number of likely N-dealkylation sites (N-methyl/N-ethyl adjacent to an activating group) is 1. The molecule has 1 rings (SSSR count). The Morgan fingerprint density at radius 1 is 1.35 bits per heavy atom. The molecule has 0 saturated heterocycles. The van der Waals surface area contributed by atoms with E-state index in [2.05, 4.69) is 0 Å². The van der Waals surface area contributed by atoms with E-state index in [1.165, 1.54) is 4.90 Å². The van der Waals surface area contributed by atoms with Crippen molar-refractivity contribution in [3.63, 3.8) is 0 Å². The highest BCUT2D eigenvalue weighted by Crippen LogP contribution is 2.12. The van der Waals surface area contributed by atoms with Crippen LogP contribution in [0, 0.1) is 0 Å². The number of carboxylic acid groups (broad SMARTS) is 1. The van der Waals surface area contributed by atoms with Crippen molar-refractivity contribution in [1.82, 2.24) is 4.90 Å². The first-order valence-corrected chi connectivity index (χ1v) is 5.37. The van der Waals surface area contributed by atoms with E-state index in [0.717, 1.165) is 0 Å². The minimum atomic E-state index is -1.04. The fraction of sp³-hybridized carbons (Fsp3) is 0.333. The predicted octanol–water partition coefficient (Wildman–Crippen LogP) is 0.620. The molecule has 17 heavy (non-hydrogen) atoms.